The van der Waals surface area contributed by atoms with Gasteiger partial charge in [-0.2, -0.15) is 4.31 Å². The fourth-order valence-corrected chi connectivity index (χ4v) is 4.95. The van der Waals surface area contributed by atoms with Gasteiger partial charge in [0.2, 0.25) is 10.0 Å². The predicted octanol–water partition coefficient (Wildman–Crippen LogP) is 3.59. The SMILES string of the molecule is Cc1nccn1CC1CCN(S(=O)(=O)c2ccc(C(C)(C)C)cc2)CC1. The third kappa shape index (κ3) is 4.01. The standard InChI is InChI=1S/C20H29N3O2S/c1-16-21-11-14-22(16)15-17-9-12-23(13-10-17)26(24,25)19-7-5-18(6-8-19)20(2,3)4/h5-8,11,14,17H,9-10,12-13,15H2,1-4H3. The van der Waals surface area contributed by atoms with E-state index in [9.17, 15) is 8.42 Å². The summed E-state index contributed by atoms with van der Waals surface area (Å²) in [6.07, 6.45) is 5.58. The van der Waals surface area contributed by atoms with Gasteiger partial charge in [-0.1, -0.05) is 32.9 Å². The molecule has 1 aromatic heterocycles. The van der Waals surface area contributed by atoms with Crippen LogP contribution in [0.4, 0.5) is 0 Å². The molecule has 142 valence electrons. The van der Waals surface area contributed by atoms with Crippen molar-refractivity contribution in [3.63, 3.8) is 0 Å². The number of aromatic nitrogens is 2. The molecule has 0 spiro atoms. The normalized spacial score (nSPS) is 17.5. The lowest BCUT2D eigenvalue weighted by Crippen LogP contribution is -2.39. The molecule has 1 saturated heterocycles. The Hall–Kier alpha value is -1.66. The predicted molar refractivity (Wildman–Crippen MR) is 104 cm³/mol. The fraction of sp³-hybridized carbons (Fsp3) is 0.550. The molecule has 1 aliphatic heterocycles. The highest BCUT2D eigenvalue weighted by Gasteiger charge is 2.29. The molecule has 5 nitrogen and oxygen atoms in total. The van der Waals surface area contributed by atoms with Gasteiger partial charge in [0.15, 0.2) is 0 Å². The Morgan fingerprint density at radius 3 is 2.23 bits per heavy atom. The van der Waals surface area contributed by atoms with Crippen LogP contribution in [0.15, 0.2) is 41.6 Å². The number of piperidine rings is 1. The van der Waals surface area contributed by atoms with E-state index < -0.39 is 10.0 Å². The fourth-order valence-electron chi connectivity index (χ4n) is 3.48. The Morgan fingerprint density at radius 1 is 1.12 bits per heavy atom. The Kier molecular flexibility index (Phi) is 5.26. The maximum atomic E-state index is 12.9. The van der Waals surface area contributed by atoms with Crippen LogP contribution in [0.1, 0.15) is 45.0 Å². The summed E-state index contributed by atoms with van der Waals surface area (Å²) < 4.78 is 29.7. The highest BCUT2D eigenvalue weighted by molar-refractivity contribution is 7.89. The number of benzene rings is 1. The Balaban J connectivity index is 1.65. The van der Waals surface area contributed by atoms with Crippen LogP contribution in [0.25, 0.3) is 0 Å². The van der Waals surface area contributed by atoms with Crippen LogP contribution in [0.2, 0.25) is 0 Å². The molecule has 0 unspecified atom stereocenters. The molecule has 0 aliphatic carbocycles. The zero-order chi connectivity index (χ0) is 18.9. The van der Waals surface area contributed by atoms with Crippen molar-refractivity contribution >= 4 is 10.0 Å². The summed E-state index contributed by atoms with van der Waals surface area (Å²) in [6.45, 7) is 10.5. The first-order valence-electron chi connectivity index (χ1n) is 9.26. The largest absolute Gasteiger partial charge is 0.335 e. The van der Waals surface area contributed by atoms with Gasteiger partial charge in [-0.05, 0) is 48.8 Å². The second-order valence-corrected chi connectivity index (χ2v) is 10.2. The second-order valence-electron chi connectivity index (χ2n) is 8.25. The smallest absolute Gasteiger partial charge is 0.243 e. The first-order chi connectivity index (χ1) is 12.2. The zero-order valence-corrected chi connectivity index (χ0v) is 17.0. The average molecular weight is 376 g/mol. The molecule has 0 atom stereocenters. The summed E-state index contributed by atoms with van der Waals surface area (Å²) in [6, 6.07) is 7.36. The van der Waals surface area contributed by atoms with E-state index in [4.69, 9.17) is 0 Å². The third-order valence-electron chi connectivity index (χ3n) is 5.31. The van der Waals surface area contributed by atoms with Gasteiger partial charge in [-0.3, -0.25) is 0 Å². The van der Waals surface area contributed by atoms with Crippen molar-refractivity contribution in [1.82, 2.24) is 13.9 Å². The Bertz CT molecular complexity index is 840. The zero-order valence-electron chi connectivity index (χ0n) is 16.1. The molecular formula is C20H29N3O2S. The molecule has 1 aliphatic rings. The number of hydrogen-bond acceptors (Lipinski definition) is 3. The summed E-state index contributed by atoms with van der Waals surface area (Å²) in [5, 5.41) is 0. The lowest BCUT2D eigenvalue weighted by molar-refractivity contribution is 0.252. The number of hydrogen-bond donors (Lipinski definition) is 0. The first-order valence-corrected chi connectivity index (χ1v) is 10.7. The molecule has 1 aromatic carbocycles. The molecule has 0 bridgehead atoms. The minimum atomic E-state index is -3.40. The number of aryl methyl sites for hydroxylation is 1. The van der Waals surface area contributed by atoms with Gasteiger partial charge >= 0.3 is 0 Å². The van der Waals surface area contributed by atoms with E-state index in [1.54, 1.807) is 16.4 Å². The van der Waals surface area contributed by atoms with Crippen molar-refractivity contribution in [1.29, 1.82) is 0 Å². The van der Waals surface area contributed by atoms with Crippen molar-refractivity contribution in [3.8, 4) is 0 Å². The lowest BCUT2D eigenvalue weighted by Gasteiger charge is -2.31. The first kappa shape index (κ1) is 19.1. The Labute approximate surface area is 157 Å². The summed E-state index contributed by atoms with van der Waals surface area (Å²) in [7, 11) is -3.40. The molecule has 2 heterocycles. The molecule has 3 rings (SSSR count). The molecule has 1 fully saturated rings. The summed E-state index contributed by atoms with van der Waals surface area (Å²) in [5.74, 6) is 1.51. The third-order valence-corrected chi connectivity index (χ3v) is 7.22. The van der Waals surface area contributed by atoms with Crippen molar-refractivity contribution in [2.75, 3.05) is 13.1 Å². The number of sulfonamides is 1. The Morgan fingerprint density at radius 2 is 1.73 bits per heavy atom. The van der Waals surface area contributed by atoms with E-state index in [1.807, 2.05) is 31.5 Å². The van der Waals surface area contributed by atoms with Gasteiger partial charge in [0.1, 0.15) is 5.82 Å². The van der Waals surface area contributed by atoms with Gasteiger partial charge < -0.3 is 4.57 Å². The van der Waals surface area contributed by atoms with E-state index in [0.717, 1.165) is 30.8 Å². The molecule has 6 heteroatoms. The minimum absolute atomic E-state index is 0.0199. The van der Waals surface area contributed by atoms with E-state index in [-0.39, 0.29) is 5.41 Å². The van der Waals surface area contributed by atoms with Gasteiger partial charge in [-0.15, -0.1) is 0 Å². The van der Waals surface area contributed by atoms with E-state index in [0.29, 0.717) is 23.9 Å². The molecule has 26 heavy (non-hydrogen) atoms. The lowest BCUT2D eigenvalue weighted by atomic mass is 9.87. The molecular weight excluding hydrogens is 346 g/mol. The summed E-state index contributed by atoms with van der Waals surface area (Å²) in [4.78, 5) is 4.65. The quantitative estimate of drug-likeness (QED) is 0.821. The number of nitrogens with zero attached hydrogens (tertiary/aromatic N) is 3. The van der Waals surface area contributed by atoms with Crippen molar-refractivity contribution in [2.45, 2.75) is 57.4 Å². The van der Waals surface area contributed by atoms with E-state index >= 15 is 0 Å². The number of rotatable bonds is 4. The second kappa shape index (κ2) is 7.16. The van der Waals surface area contributed by atoms with Gasteiger partial charge in [0, 0.05) is 32.0 Å². The number of imidazole rings is 1. The average Bonchev–Trinajstić information content (AvgIpc) is 2.99. The summed E-state index contributed by atoms with van der Waals surface area (Å²) in [5.41, 5.74) is 1.16. The van der Waals surface area contributed by atoms with Gasteiger partial charge in [-0.25, -0.2) is 13.4 Å². The summed E-state index contributed by atoms with van der Waals surface area (Å²) >= 11 is 0. The van der Waals surface area contributed by atoms with Crippen LogP contribution >= 0.6 is 0 Å². The van der Waals surface area contributed by atoms with Crippen LogP contribution < -0.4 is 0 Å². The molecule has 0 N–H and O–H groups in total. The molecule has 0 saturated carbocycles. The maximum Gasteiger partial charge on any atom is 0.243 e. The molecule has 0 amide bonds. The maximum absolute atomic E-state index is 12.9. The van der Waals surface area contributed by atoms with Crippen molar-refractivity contribution in [2.24, 2.45) is 5.92 Å². The van der Waals surface area contributed by atoms with Crippen LogP contribution in [-0.2, 0) is 22.0 Å². The van der Waals surface area contributed by atoms with Crippen LogP contribution in [0, 0.1) is 12.8 Å². The highest BCUT2D eigenvalue weighted by atomic mass is 32.2. The van der Waals surface area contributed by atoms with Crippen LogP contribution in [0.3, 0.4) is 0 Å². The monoisotopic (exact) mass is 375 g/mol. The molecule has 2 aromatic rings. The van der Waals surface area contributed by atoms with Gasteiger partial charge in [0.25, 0.3) is 0 Å². The van der Waals surface area contributed by atoms with E-state index in [2.05, 4.69) is 30.3 Å². The van der Waals surface area contributed by atoms with Gasteiger partial charge in [0.05, 0.1) is 4.90 Å². The topological polar surface area (TPSA) is 55.2 Å². The van der Waals surface area contributed by atoms with Crippen LogP contribution in [0.5, 0.6) is 0 Å². The van der Waals surface area contributed by atoms with Crippen LogP contribution in [-0.4, -0.2) is 35.4 Å². The minimum Gasteiger partial charge on any atom is -0.335 e. The van der Waals surface area contributed by atoms with Crippen molar-refractivity contribution < 1.29 is 8.42 Å². The highest BCUT2D eigenvalue weighted by Crippen LogP contribution is 2.27. The molecule has 0 radical (unpaired) electrons. The van der Waals surface area contributed by atoms with E-state index in [1.165, 1.54) is 0 Å². The van der Waals surface area contributed by atoms with Crippen molar-refractivity contribution in [3.05, 3.63) is 48.0 Å².